The molecule has 6 heteroatoms. The molecule has 3 heterocycles. The van der Waals surface area contributed by atoms with E-state index >= 15 is 4.39 Å². The molecular formula is C29H33FN3O2+. The van der Waals surface area contributed by atoms with E-state index in [-0.39, 0.29) is 17.2 Å². The molecule has 0 amide bonds. The zero-order chi connectivity index (χ0) is 24.4. The summed E-state index contributed by atoms with van der Waals surface area (Å²) in [5.74, 6) is 0.565. The third-order valence-electron chi connectivity index (χ3n) is 8.92. The van der Waals surface area contributed by atoms with Gasteiger partial charge in [0.25, 0.3) is 0 Å². The first kappa shape index (κ1) is 22.7. The van der Waals surface area contributed by atoms with Gasteiger partial charge in [0, 0.05) is 53.5 Å². The van der Waals surface area contributed by atoms with Gasteiger partial charge in [-0.25, -0.2) is 18.9 Å². The summed E-state index contributed by atoms with van der Waals surface area (Å²) in [6.07, 6.45) is 5.61. The average molecular weight is 475 g/mol. The quantitative estimate of drug-likeness (QED) is 0.486. The van der Waals surface area contributed by atoms with Gasteiger partial charge in [-0.3, -0.25) is 0 Å². The number of rotatable bonds is 2. The van der Waals surface area contributed by atoms with Crippen molar-refractivity contribution in [3.05, 3.63) is 65.4 Å². The minimum Gasteiger partial charge on any atom is -0.347 e. The molecular weight excluding hydrogens is 441 g/mol. The van der Waals surface area contributed by atoms with Crippen molar-refractivity contribution < 1.29 is 18.4 Å². The van der Waals surface area contributed by atoms with Crippen molar-refractivity contribution in [3.63, 3.8) is 0 Å². The van der Waals surface area contributed by atoms with Gasteiger partial charge in [-0.2, -0.15) is 0 Å². The molecule has 1 aromatic carbocycles. The Morgan fingerprint density at radius 3 is 2.60 bits per heavy atom. The van der Waals surface area contributed by atoms with E-state index in [9.17, 15) is 0 Å². The third kappa shape index (κ3) is 3.45. The van der Waals surface area contributed by atoms with E-state index in [1.54, 1.807) is 6.07 Å². The Morgan fingerprint density at radius 1 is 1.09 bits per heavy atom. The molecule has 2 fully saturated rings. The maximum Gasteiger partial charge on any atom is 0.178 e. The van der Waals surface area contributed by atoms with Crippen LogP contribution in [0.25, 0.3) is 22.6 Å². The lowest BCUT2D eigenvalue weighted by atomic mass is 9.54. The van der Waals surface area contributed by atoms with Crippen molar-refractivity contribution in [2.75, 3.05) is 13.2 Å². The standard InChI is InChI=1S/C29H33FN3O2/c1-18-17-20(11-14-33(18)4)27-31-25(21-7-5-6-8-24(21)30)22-9-10-23-19(2)29(34-15-16-35-29)13-12-28(23,3)26(22)32-27/h5-8,11,14,17,19,23H,9-10,12-13,15-16H2,1-4H3/q+1/t19-,23-,28-/m1/s1. The molecule has 0 unspecified atom stereocenters. The number of benzene rings is 1. The van der Waals surface area contributed by atoms with Gasteiger partial charge >= 0.3 is 0 Å². The zero-order valence-corrected chi connectivity index (χ0v) is 21.0. The van der Waals surface area contributed by atoms with Gasteiger partial charge in [0.05, 0.1) is 24.6 Å². The summed E-state index contributed by atoms with van der Waals surface area (Å²) >= 11 is 0. The van der Waals surface area contributed by atoms with E-state index in [0.717, 1.165) is 53.9 Å². The highest BCUT2D eigenvalue weighted by atomic mass is 19.1. The predicted molar refractivity (Wildman–Crippen MR) is 131 cm³/mol. The zero-order valence-electron chi connectivity index (χ0n) is 21.0. The third-order valence-corrected chi connectivity index (χ3v) is 8.92. The van der Waals surface area contributed by atoms with Gasteiger partial charge in [0.2, 0.25) is 0 Å². The molecule has 1 aliphatic heterocycles. The van der Waals surface area contributed by atoms with Gasteiger partial charge in [-0.1, -0.05) is 26.0 Å². The second-order valence-corrected chi connectivity index (χ2v) is 10.7. The van der Waals surface area contributed by atoms with Crippen LogP contribution in [0.4, 0.5) is 4.39 Å². The molecule has 3 atom stereocenters. The predicted octanol–water partition coefficient (Wildman–Crippen LogP) is 5.08. The van der Waals surface area contributed by atoms with Crippen LogP contribution in [-0.4, -0.2) is 29.0 Å². The minimum atomic E-state index is -0.475. The van der Waals surface area contributed by atoms with E-state index in [4.69, 9.17) is 19.4 Å². The Hall–Kier alpha value is -2.70. The molecule has 3 aromatic rings. The summed E-state index contributed by atoms with van der Waals surface area (Å²) in [6, 6.07) is 11.1. The molecule has 0 radical (unpaired) electrons. The molecule has 2 aromatic heterocycles. The van der Waals surface area contributed by atoms with Gasteiger partial charge in [-0.05, 0) is 37.3 Å². The lowest BCUT2D eigenvalue weighted by Gasteiger charge is -2.54. The molecule has 1 saturated heterocycles. The fourth-order valence-corrected chi connectivity index (χ4v) is 6.77. The van der Waals surface area contributed by atoms with Crippen LogP contribution in [0.1, 0.15) is 50.1 Å². The largest absolute Gasteiger partial charge is 0.347 e. The van der Waals surface area contributed by atoms with Crippen LogP contribution >= 0.6 is 0 Å². The van der Waals surface area contributed by atoms with Crippen molar-refractivity contribution in [1.29, 1.82) is 0 Å². The van der Waals surface area contributed by atoms with E-state index in [2.05, 4.69) is 31.4 Å². The highest BCUT2D eigenvalue weighted by Gasteiger charge is 2.57. The highest BCUT2D eigenvalue weighted by Crippen LogP contribution is 2.57. The maximum atomic E-state index is 15.1. The molecule has 6 rings (SSSR count). The topological polar surface area (TPSA) is 48.1 Å². The van der Waals surface area contributed by atoms with Gasteiger partial charge in [0.1, 0.15) is 12.9 Å². The van der Waals surface area contributed by atoms with E-state index in [1.165, 1.54) is 6.07 Å². The summed E-state index contributed by atoms with van der Waals surface area (Å²) in [5.41, 5.74) is 5.36. The highest BCUT2D eigenvalue weighted by molar-refractivity contribution is 5.69. The fraction of sp³-hybridized carbons (Fsp3) is 0.483. The second-order valence-electron chi connectivity index (χ2n) is 10.7. The Kier molecular flexibility index (Phi) is 5.31. The lowest BCUT2D eigenvalue weighted by Crippen LogP contribution is -2.55. The van der Waals surface area contributed by atoms with E-state index in [1.807, 2.05) is 31.4 Å². The lowest BCUT2D eigenvalue weighted by molar-refractivity contribution is -0.677. The normalized spacial score (nSPS) is 27.0. The first-order valence-corrected chi connectivity index (χ1v) is 12.7. The van der Waals surface area contributed by atoms with Crippen molar-refractivity contribution in [1.82, 2.24) is 9.97 Å². The molecule has 3 aliphatic rings. The van der Waals surface area contributed by atoms with Crippen molar-refractivity contribution >= 4 is 0 Å². The number of aromatic nitrogens is 3. The van der Waals surface area contributed by atoms with Crippen molar-refractivity contribution in [2.24, 2.45) is 18.9 Å². The van der Waals surface area contributed by atoms with E-state index < -0.39 is 5.79 Å². The summed E-state index contributed by atoms with van der Waals surface area (Å²) in [7, 11) is 2.02. The van der Waals surface area contributed by atoms with Crippen LogP contribution in [0.3, 0.4) is 0 Å². The molecule has 5 nitrogen and oxygen atoms in total. The number of hydrogen-bond acceptors (Lipinski definition) is 4. The number of nitrogens with zero attached hydrogens (tertiary/aromatic N) is 3. The maximum absolute atomic E-state index is 15.1. The number of hydrogen-bond donors (Lipinski definition) is 0. The van der Waals surface area contributed by atoms with Crippen LogP contribution in [0, 0.1) is 24.6 Å². The summed E-state index contributed by atoms with van der Waals surface area (Å²) in [5, 5.41) is 0. The summed E-state index contributed by atoms with van der Waals surface area (Å²) in [4.78, 5) is 10.3. The molecule has 35 heavy (non-hydrogen) atoms. The number of halogens is 1. The first-order valence-electron chi connectivity index (χ1n) is 12.7. The Balaban J connectivity index is 1.55. The van der Waals surface area contributed by atoms with Crippen LogP contribution < -0.4 is 4.57 Å². The number of aryl methyl sites for hydroxylation is 2. The van der Waals surface area contributed by atoms with Crippen molar-refractivity contribution in [2.45, 2.75) is 57.7 Å². The monoisotopic (exact) mass is 474 g/mol. The second kappa shape index (κ2) is 8.17. The molecule has 1 spiro atoms. The summed E-state index contributed by atoms with van der Waals surface area (Å²) < 4.78 is 29.6. The number of pyridine rings is 1. The van der Waals surface area contributed by atoms with Gasteiger partial charge in [0.15, 0.2) is 23.5 Å². The SMILES string of the molecule is Cc1cc(-c2nc(-c3ccccc3F)c3c(n2)[C@]2(C)CCC4(OCCO4)[C@H](C)[C@H]2CC3)cc[n+]1C. The van der Waals surface area contributed by atoms with Crippen LogP contribution in [0.5, 0.6) is 0 Å². The number of fused-ring (bicyclic) bond motifs is 3. The smallest absolute Gasteiger partial charge is 0.178 e. The molecule has 1 saturated carbocycles. The minimum absolute atomic E-state index is 0.153. The first-order chi connectivity index (χ1) is 16.8. The van der Waals surface area contributed by atoms with Gasteiger partial charge in [-0.15, -0.1) is 0 Å². The van der Waals surface area contributed by atoms with E-state index in [0.29, 0.717) is 30.5 Å². The van der Waals surface area contributed by atoms with Crippen molar-refractivity contribution in [3.8, 4) is 22.6 Å². The Labute approximate surface area is 206 Å². The van der Waals surface area contributed by atoms with Crippen LogP contribution in [-0.2, 0) is 28.4 Å². The fourth-order valence-electron chi connectivity index (χ4n) is 6.77. The summed E-state index contributed by atoms with van der Waals surface area (Å²) in [6.45, 7) is 8.02. The Bertz CT molecular complexity index is 1300. The molecule has 182 valence electrons. The average Bonchev–Trinajstić information content (AvgIpc) is 3.34. The van der Waals surface area contributed by atoms with Crippen LogP contribution in [0.15, 0.2) is 42.6 Å². The molecule has 0 N–H and O–H groups in total. The number of ether oxygens (including phenoxy) is 2. The molecule has 2 aliphatic carbocycles. The molecule has 0 bridgehead atoms. The Morgan fingerprint density at radius 2 is 1.86 bits per heavy atom. The van der Waals surface area contributed by atoms with Crippen LogP contribution in [0.2, 0.25) is 0 Å². The van der Waals surface area contributed by atoms with Gasteiger partial charge < -0.3 is 9.47 Å².